The number of nitrogens with zero attached hydrogens (tertiary/aromatic N) is 3. The Bertz CT molecular complexity index is 572. The van der Waals surface area contributed by atoms with Gasteiger partial charge < -0.3 is 4.57 Å². The molecule has 0 saturated heterocycles. The van der Waals surface area contributed by atoms with Crippen molar-refractivity contribution in [2.75, 3.05) is 5.88 Å². The van der Waals surface area contributed by atoms with E-state index in [1.54, 1.807) is 0 Å². The minimum atomic E-state index is 0.0195. The van der Waals surface area contributed by atoms with Gasteiger partial charge >= 0.3 is 0 Å². The van der Waals surface area contributed by atoms with Gasteiger partial charge in [0.15, 0.2) is 5.65 Å². The summed E-state index contributed by atoms with van der Waals surface area (Å²) in [4.78, 5) is 9.32. The average Bonchev–Trinajstić information content (AvgIpc) is 2.70. The maximum atomic E-state index is 5.93. The third-order valence-corrected chi connectivity index (χ3v) is 3.79. The van der Waals surface area contributed by atoms with E-state index in [0.717, 1.165) is 36.3 Å². The summed E-state index contributed by atoms with van der Waals surface area (Å²) in [7, 11) is 0. The van der Waals surface area contributed by atoms with E-state index in [1.807, 2.05) is 12.3 Å². The molecule has 3 nitrogen and oxygen atoms in total. The molecule has 0 N–H and O–H groups in total. The number of hydrogen-bond acceptors (Lipinski definition) is 2. The van der Waals surface area contributed by atoms with E-state index in [2.05, 4.69) is 37.2 Å². The van der Waals surface area contributed by atoms with Crippen LogP contribution < -0.4 is 0 Å². The molecule has 0 aliphatic heterocycles. The number of aryl methyl sites for hydroxylation is 2. The second-order valence-electron chi connectivity index (χ2n) is 5.66. The minimum Gasteiger partial charge on any atom is -0.307 e. The van der Waals surface area contributed by atoms with Gasteiger partial charge in [-0.15, -0.1) is 11.6 Å². The predicted molar refractivity (Wildman–Crippen MR) is 80.9 cm³/mol. The molecule has 0 atom stereocenters. The number of fused-ring (bicyclic) bond motifs is 1. The lowest BCUT2D eigenvalue weighted by Crippen LogP contribution is -2.28. The van der Waals surface area contributed by atoms with Crippen molar-refractivity contribution in [1.29, 1.82) is 0 Å². The van der Waals surface area contributed by atoms with Crippen LogP contribution in [0.2, 0.25) is 0 Å². The molecule has 0 saturated carbocycles. The standard InChI is InChI=1S/C15H22ClN3/c1-5-8-15(3,4)19-12(6-9-16)18-13-11(2)7-10-17-14(13)19/h7,10H,5-6,8-9H2,1-4H3. The summed E-state index contributed by atoms with van der Waals surface area (Å²) >= 11 is 5.93. The molecule has 0 bridgehead atoms. The van der Waals surface area contributed by atoms with Gasteiger partial charge in [-0.05, 0) is 38.8 Å². The molecule has 4 heteroatoms. The molecule has 0 fully saturated rings. The highest BCUT2D eigenvalue weighted by molar-refractivity contribution is 6.17. The Balaban J connectivity index is 2.68. The van der Waals surface area contributed by atoms with E-state index in [-0.39, 0.29) is 5.54 Å². The van der Waals surface area contributed by atoms with Crippen LogP contribution in [0.1, 0.15) is 45.0 Å². The molecule has 0 radical (unpaired) electrons. The van der Waals surface area contributed by atoms with Crippen LogP contribution >= 0.6 is 11.6 Å². The number of hydrogen-bond donors (Lipinski definition) is 0. The lowest BCUT2D eigenvalue weighted by Gasteiger charge is -2.28. The molecular weight excluding hydrogens is 258 g/mol. The molecule has 2 aromatic heterocycles. The van der Waals surface area contributed by atoms with Gasteiger partial charge in [-0.3, -0.25) is 0 Å². The van der Waals surface area contributed by atoms with Crippen LogP contribution in [-0.2, 0) is 12.0 Å². The van der Waals surface area contributed by atoms with Crippen molar-refractivity contribution in [3.05, 3.63) is 23.7 Å². The average molecular weight is 280 g/mol. The molecule has 0 aliphatic carbocycles. The summed E-state index contributed by atoms with van der Waals surface area (Å²) < 4.78 is 2.28. The highest BCUT2D eigenvalue weighted by atomic mass is 35.5. The lowest BCUT2D eigenvalue weighted by atomic mass is 9.98. The van der Waals surface area contributed by atoms with Crippen LogP contribution in [-0.4, -0.2) is 20.4 Å². The van der Waals surface area contributed by atoms with Gasteiger partial charge in [0.05, 0.1) is 0 Å². The Hall–Kier alpha value is -1.09. The fourth-order valence-electron chi connectivity index (χ4n) is 2.75. The van der Waals surface area contributed by atoms with Crippen LogP contribution in [0, 0.1) is 6.92 Å². The Kier molecular flexibility index (Phi) is 4.14. The molecule has 2 heterocycles. The van der Waals surface area contributed by atoms with Crippen molar-refractivity contribution in [1.82, 2.24) is 14.5 Å². The smallest absolute Gasteiger partial charge is 0.160 e. The molecule has 19 heavy (non-hydrogen) atoms. The largest absolute Gasteiger partial charge is 0.307 e. The van der Waals surface area contributed by atoms with E-state index in [0.29, 0.717) is 5.88 Å². The number of pyridine rings is 1. The van der Waals surface area contributed by atoms with Gasteiger partial charge in [-0.25, -0.2) is 9.97 Å². The zero-order valence-electron chi connectivity index (χ0n) is 12.2. The van der Waals surface area contributed by atoms with Crippen molar-refractivity contribution in [3.8, 4) is 0 Å². The highest BCUT2D eigenvalue weighted by Gasteiger charge is 2.26. The Morgan fingerprint density at radius 3 is 2.74 bits per heavy atom. The van der Waals surface area contributed by atoms with Crippen LogP contribution in [0.3, 0.4) is 0 Å². The number of rotatable bonds is 5. The van der Waals surface area contributed by atoms with Crippen LogP contribution in [0.4, 0.5) is 0 Å². The zero-order valence-corrected chi connectivity index (χ0v) is 13.0. The fourth-order valence-corrected chi connectivity index (χ4v) is 2.92. The quantitative estimate of drug-likeness (QED) is 0.773. The number of imidazole rings is 1. The first-order valence-electron chi connectivity index (χ1n) is 6.90. The molecule has 104 valence electrons. The summed E-state index contributed by atoms with van der Waals surface area (Å²) in [6, 6.07) is 2.01. The zero-order chi connectivity index (χ0) is 14.0. The molecule has 2 rings (SSSR count). The summed E-state index contributed by atoms with van der Waals surface area (Å²) in [5.74, 6) is 1.63. The van der Waals surface area contributed by atoms with Crippen molar-refractivity contribution in [3.63, 3.8) is 0 Å². The molecule has 0 aliphatic rings. The summed E-state index contributed by atoms with van der Waals surface area (Å²) in [5.41, 5.74) is 3.18. The van der Waals surface area contributed by atoms with Gasteiger partial charge in [0.1, 0.15) is 11.3 Å². The van der Waals surface area contributed by atoms with E-state index in [1.165, 1.54) is 5.56 Å². The highest BCUT2D eigenvalue weighted by Crippen LogP contribution is 2.29. The van der Waals surface area contributed by atoms with Crippen LogP contribution in [0.5, 0.6) is 0 Å². The summed E-state index contributed by atoms with van der Waals surface area (Å²) in [5, 5.41) is 0. The van der Waals surface area contributed by atoms with Crippen molar-refractivity contribution < 1.29 is 0 Å². The van der Waals surface area contributed by atoms with Gasteiger partial charge in [-0.1, -0.05) is 13.3 Å². The lowest BCUT2D eigenvalue weighted by molar-refractivity contribution is 0.322. The number of halogens is 1. The third-order valence-electron chi connectivity index (χ3n) is 3.60. The van der Waals surface area contributed by atoms with E-state index in [4.69, 9.17) is 16.6 Å². The van der Waals surface area contributed by atoms with Gasteiger partial charge in [0.25, 0.3) is 0 Å². The van der Waals surface area contributed by atoms with Gasteiger partial charge in [-0.2, -0.15) is 0 Å². The predicted octanol–water partition coefficient (Wildman–Crippen LogP) is 4.06. The normalized spacial score (nSPS) is 12.3. The fraction of sp³-hybridized carbons (Fsp3) is 0.600. The van der Waals surface area contributed by atoms with E-state index in [9.17, 15) is 0 Å². The number of aromatic nitrogens is 3. The summed E-state index contributed by atoms with van der Waals surface area (Å²) in [6.07, 6.45) is 4.88. The molecule has 0 amide bonds. The second-order valence-corrected chi connectivity index (χ2v) is 6.04. The van der Waals surface area contributed by atoms with Crippen molar-refractivity contribution in [2.45, 2.75) is 52.5 Å². The van der Waals surface area contributed by atoms with E-state index < -0.39 is 0 Å². The topological polar surface area (TPSA) is 30.7 Å². The van der Waals surface area contributed by atoms with Gasteiger partial charge in [0, 0.05) is 24.0 Å². The second kappa shape index (κ2) is 5.49. The molecule has 0 aromatic carbocycles. The Labute approximate surface area is 120 Å². The molecule has 0 unspecified atom stereocenters. The maximum absolute atomic E-state index is 5.93. The SMILES string of the molecule is CCCC(C)(C)n1c(CCCl)nc2c(C)ccnc21. The first kappa shape index (κ1) is 14.3. The Morgan fingerprint density at radius 1 is 1.37 bits per heavy atom. The summed E-state index contributed by atoms with van der Waals surface area (Å²) in [6.45, 7) is 8.79. The monoisotopic (exact) mass is 279 g/mol. The first-order valence-corrected chi connectivity index (χ1v) is 7.44. The molecular formula is C15H22ClN3. The Morgan fingerprint density at radius 2 is 2.11 bits per heavy atom. The van der Waals surface area contributed by atoms with E-state index >= 15 is 0 Å². The van der Waals surface area contributed by atoms with Crippen molar-refractivity contribution in [2.24, 2.45) is 0 Å². The molecule has 0 spiro atoms. The van der Waals surface area contributed by atoms with Crippen LogP contribution in [0.25, 0.3) is 11.2 Å². The number of alkyl halides is 1. The molecule has 2 aromatic rings. The van der Waals surface area contributed by atoms with Crippen molar-refractivity contribution >= 4 is 22.8 Å². The van der Waals surface area contributed by atoms with Gasteiger partial charge in [0.2, 0.25) is 0 Å². The maximum Gasteiger partial charge on any atom is 0.160 e. The minimum absolute atomic E-state index is 0.0195. The third kappa shape index (κ3) is 2.62. The first-order chi connectivity index (χ1) is 9.01. The van der Waals surface area contributed by atoms with Crippen LogP contribution in [0.15, 0.2) is 12.3 Å².